The molecule has 1 aliphatic heterocycles. The molecule has 7 heavy (non-hydrogen) atoms. The second kappa shape index (κ2) is 1.36. The van der Waals surface area contributed by atoms with Gasteiger partial charge in [-0.2, -0.15) is 0 Å². The van der Waals surface area contributed by atoms with Crippen LogP contribution in [0.2, 0.25) is 0 Å². The van der Waals surface area contributed by atoms with Crippen LogP contribution in [0.5, 0.6) is 0 Å². The monoisotopic (exact) mass is 117 g/mol. The minimum Gasteiger partial charge on any atom is -0.219 e. The van der Waals surface area contributed by atoms with Crippen molar-refractivity contribution in [3.05, 3.63) is 24.0 Å². The van der Waals surface area contributed by atoms with Crippen LogP contribution in [0.25, 0.3) is 0 Å². The topological polar surface area (TPSA) is 34.5 Å². The van der Waals surface area contributed by atoms with Gasteiger partial charge in [-0.15, -0.1) is 4.89 Å². The second-order valence-electron chi connectivity index (χ2n) is 1.15. The van der Waals surface area contributed by atoms with Crippen LogP contribution in [0.3, 0.4) is 0 Å². The van der Waals surface area contributed by atoms with Crippen molar-refractivity contribution < 1.29 is 4.28 Å². The highest BCUT2D eigenvalue weighted by Gasteiger charge is 2.31. The van der Waals surface area contributed by atoms with Gasteiger partial charge < -0.3 is 0 Å². The average Bonchev–Trinajstić information content (AvgIpc) is 2.46. The van der Waals surface area contributed by atoms with Gasteiger partial charge in [0.15, 0.2) is 0 Å². The standard InChI is InChI=1S/C4H7NOS/c1-3-7(4-2)5-6-7/h3-5H,1-2H2. The first-order valence-corrected chi connectivity index (χ1v) is 3.55. The first kappa shape index (κ1) is 4.90. The van der Waals surface area contributed by atoms with Gasteiger partial charge in [0.05, 0.1) is 0 Å². The van der Waals surface area contributed by atoms with E-state index in [1.807, 2.05) is 0 Å². The highest BCUT2D eigenvalue weighted by Crippen LogP contribution is 2.58. The van der Waals surface area contributed by atoms with E-state index in [0.29, 0.717) is 0 Å². The molecule has 0 aromatic rings. The lowest BCUT2D eigenvalue weighted by Gasteiger charge is -1.93. The quantitative estimate of drug-likeness (QED) is 0.555. The molecule has 0 spiro atoms. The van der Waals surface area contributed by atoms with Gasteiger partial charge in [0.1, 0.15) is 0 Å². The summed E-state index contributed by atoms with van der Waals surface area (Å²) in [6.45, 7) is 7.09. The summed E-state index contributed by atoms with van der Waals surface area (Å²) in [5.74, 6) is 0. The van der Waals surface area contributed by atoms with Gasteiger partial charge in [-0.25, -0.2) is 4.28 Å². The smallest absolute Gasteiger partial charge is 0.00509 e. The van der Waals surface area contributed by atoms with Crippen LogP contribution in [0.15, 0.2) is 24.0 Å². The predicted octanol–water partition coefficient (Wildman–Crippen LogP) is 1.44. The van der Waals surface area contributed by atoms with E-state index in [2.05, 4.69) is 18.0 Å². The third-order valence-electron chi connectivity index (χ3n) is 0.771. The van der Waals surface area contributed by atoms with E-state index in [0.717, 1.165) is 0 Å². The molecular formula is C4H7NOS. The summed E-state index contributed by atoms with van der Waals surface area (Å²) in [6, 6.07) is 0. The van der Waals surface area contributed by atoms with Crippen LogP contribution in [0, 0.1) is 0 Å². The van der Waals surface area contributed by atoms with Gasteiger partial charge in [0, 0.05) is 10.5 Å². The summed E-state index contributed by atoms with van der Waals surface area (Å²) in [5, 5.41) is 3.47. The third-order valence-corrected chi connectivity index (χ3v) is 2.31. The lowest BCUT2D eigenvalue weighted by Crippen LogP contribution is -1.67. The summed E-state index contributed by atoms with van der Waals surface area (Å²) in [7, 11) is -1.13. The molecule has 0 radical (unpaired) electrons. The average molecular weight is 117 g/mol. The number of hydrogen-bond donors (Lipinski definition) is 1. The second-order valence-corrected chi connectivity index (χ2v) is 3.44. The molecular weight excluding hydrogens is 110 g/mol. The molecule has 0 aliphatic carbocycles. The van der Waals surface area contributed by atoms with Crippen molar-refractivity contribution in [3.8, 4) is 0 Å². The molecule has 3 heteroatoms. The van der Waals surface area contributed by atoms with Gasteiger partial charge >= 0.3 is 0 Å². The maximum absolute atomic E-state index is 4.79. The molecule has 1 heterocycles. The molecule has 0 unspecified atom stereocenters. The highest BCUT2D eigenvalue weighted by molar-refractivity contribution is 8.36. The van der Waals surface area contributed by atoms with Crippen LogP contribution >= 0.6 is 10.5 Å². The minimum absolute atomic E-state index is 1.13. The van der Waals surface area contributed by atoms with Gasteiger partial charge in [-0.3, -0.25) is 0 Å². The summed E-state index contributed by atoms with van der Waals surface area (Å²) < 4.78 is 4.79. The molecule has 0 atom stereocenters. The molecule has 1 rings (SSSR count). The van der Waals surface area contributed by atoms with Crippen molar-refractivity contribution >= 4 is 10.5 Å². The molecule has 0 aromatic carbocycles. The van der Waals surface area contributed by atoms with Crippen molar-refractivity contribution in [2.45, 2.75) is 0 Å². The van der Waals surface area contributed by atoms with Crippen LogP contribution in [0.1, 0.15) is 0 Å². The zero-order valence-corrected chi connectivity index (χ0v) is 4.70. The van der Waals surface area contributed by atoms with E-state index >= 15 is 0 Å². The largest absolute Gasteiger partial charge is 0.219 e. The molecule has 0 bridgehead atoms. The molecule has 0 amide bonds. The Balaban J connectivity index is 2.58. The Bertz CT molecular complexity index is 98.3. The Hall–Kier alpha value is -0.250. The van der Waals surface area contributed by atoms with Crippen LogP contribution in [-0.4, -0.2) is 0 Å². The van der Waals surface area contributed by atoms with Gasteiger partial charge in [0.25, 0.3) is 0 Å². The van der Waals surface area contributed by atoms with Crippen molar-refractivity contribution in [2.24, 2.45) is 0 Å². The fourth-order valence-corrected chi connectivity index (χ4v) is 0.966. The molecule has 2 nitrogen and oxygen atoms in total. The Kier molecular flexibility index (Phi) is 0.955. The number of nitrogens with one attached hydrogen (secondary N) is 1. The Labute approximate surface area is 44.5 Å². The zero-order valence-electron chi connectivity index (χ0n) is 3.89. The van der Waals surface area contributed by atoms with Gasteiger partial charge in [-0.1, -0.05) is 13.2 Å². The summed E-state index contributed by atoms with van der Waals surface area (Å²) >= 11 is 0. The molecule has 1 saturated heterocycles. The minimum atomic E-state index is -1.13. The van der Waals surface area contributed by atoms with E-state index in [9.17, 15) is 0 Å². The van der Waals surface area contributed by atoms with Crippen molar-refractivity contribution in [3.63, 3.8) is 0 Å². The van der Waals surface area contributed by atoms with Crippen molar-refractivity contribution in [1.82, 2.24) is 4.89 Å². The summed E-state index contributed by atoms with van der Waals surface area (Å²) in [5.41, 5.74) is 0. The number of rotatable bonds is 2. The van der Waals surface area contributed by atoms with Crippen LogP contribution in [0.4, 0.5) is 0 Å². The fourth-order valence-electron chi connectivity index (χ4n) is 0.243. The highest BCUT2D eigenvalue weighted by atomic mass is 32.3. The Morgan fingerprint density at radius 3 is 1.86 bits per heavy atom. The van der Waals surface area contributed by atoms with E-state index in [1.54, 1.807) is 10.8 Å². The van der Waals surface area contributed by atoms with Crippen LogP contribution < -0.4 is 4.89 Å². The van der Waals surface area contributed by atoms with Gasteiger partial charge in [-0.05, 0) is 10.8 Å². The first-order valence-electron chi connectivity index (χ1n) is 1.86. The molecule has 0 aromatic heterocycles. The van der Waals surface area contributed by atoms with E-state index in [1.165, 1.54) is 0 Å². The Morgan fingerprint density at radius 1 is 1.43 bits per heavy atom. The maximum Gasteiger partial charge on any atom is 0.00509 e. The lowest BCUT2D eigenvalue weighted by atomic mass is 11.3. The molecule has 0 saturated carbocycles. The van der Waals surface area contributed by atoms with E-state index in [4.69, 9.17) is 4.28 Å². The van der Waals surface area contributed by atoms with Crippen molar-refractivity contribution in [1.29, 1.82) is 0 Å². The molecule has 40 valence electrons. The van der Waals surface area contributed by atoms with E-state index in [-0.39, 0.29) is 0 Å². The summed E-state index contributed by atoms with van der Waals surface area (Å²) in [6.07, 6.45) is 0. The summed E-state index contributed by atoms with van der Waals surface area (Å²) in [4.78, 5) is 2.69. The van der Waals surface area contributed by atoms with Crippen molar-refractivity contribution in [2.75, 3.05) is 0 Å². The fraction of sp³-hybridized carbons (Fsp3) is 0. The molecule has 1 aliphatic rings. The number of hydrogen-bond acceptors (Lipinski definition) is 2. The maximum atomic E-state index is 4.79. The van der Waals surface area contributed by atoms with Gasteiger partial charge in [0.2, 0.25) is 0 Å². The van der Waals surface area contributed by atoms with E-state index < -0.39 is 10.5 Å². The molecule has 1 fully saturated rings. The Morgan fingerprint density at radius 2 is 1.86 bits per heavy atom. The lowest BCUT2D eigenvalue weighted by molar-refractivity contribution is 0.469. The van der Waals surface area contributed by atoms with Crippen LogP contribution in [-0.2, 0) is 4.28 Å². The normalized spacial score (nSPS) is 28.0. The SMILES string of the molecule is C=CS1(C=C)NO1. The predicted molar refractivity (Wildman–Crippen MR) is 32.2 cm³/mol. The first-order chi connectivity index (χ1) is 3.33. The third kappa shape index (κ3) is 0.700. The molecule has 1 N–H and O–H groups in total. The zero-order chi connectivity index (χ0) is 5.33.